The van der Waals surface area contributed by atoms with Crippen LogP contribution in [0.15, 0.2) is 65.5 Å². The number of nitrogens with zero attached hydrogens (tertiary/aromatic N) is 2. The van der Waals surface area contributed by atoms with Crippen LogP contribution in [0.2, 0.25) is 0 Å². The van der Waals surface area contributed by atoms with E-state index in [4.69, 9.17) is 9.47 Å². The molecule has 4 heteroatoms. The van der Waals surface area contributed by atoms with E-state index in [1.165, 1.54) is 0 Å². The predicted molar refractivity (Wildman–Crippen MR) is 89.3 cm³/mol. The Morgan fingerprint density at radius 1 is 1.18 bits per heavy atom. The number of hydrogen-bond acceptors (Lipinski definition) is 4. The second-order valence-electron chi connectivity index (χ2n) is 4.80. The van der Waals surface area contributed by atoms with E-state index in [-0.39, 0.29) is 0 Å². The molecule has 0 unspecified atom stereocenters. The van der Waals surface area contributed by atoms with Crippen LogP contribution >= 0.6 is 0 Å². The molecular formula is C18H18N2O2. The lowest BCUT2D eigenvalue weighted by Crippen LogP contribution is -2.19. The lowest BCUT2D eigenvalue weighted by atomic mass is 10.2. The number of aliphatic imine (C=N–C) groups is 1. The Morgan fingerprint density at radius 2 is 2.00 bits per heavy atom. The maximum atomic E-state index is 5.89. The molecule has 0 amide bonds. The number of ether oxygens (including phenoxy) is 2. The van der Waals surface area contributed by atoms with E-state index < -0.39 is 0 Å². The van der Waals surface area contributed by atoms with Gasteiger partial charge in [0.05, 0.1) is 18.5 Å². The number of rotatable bonds is 4. The second kappa shape index (κ2) is 6.35. The third kappa shape index (κ3) is 2.81. The van der Waals surface area contributed by atoms with Crippen molar-refractivity contribution in [1.82, 2.24) is 0 Å². The number of benzene rings is 2. The summed E-state index contributed by atoms with van der Waals surface area (Å²) in [7, 11) is 1.66. The van der Waals surface area contributed by atoms with Gasteiger partial charge in [-0.05, 0) is 31.2 Å². The van der Waals surface area contributed by atoms with Crippen molar-refractivity contribution in [2.45, 2.75) is 6.92 Å². The minimum absolute atomic E-state index is 0.769. The molecule has 0 atom stereocenters. The Bertz CT molecular complexity index is 708. The zero-order chi connectivity index (χ0) is 15.4. The van der Waals surface area contributed by atoms with E-state index in [1.807, 2.05) is 54.6 Å². The Morgan fingerprint density at radius 3 is 2.73 bits per heavy atom. The highest BCUT2D eigenvalue weighted by Gasteiger charge is 2.25. The van der Waals surface area contributed by atoms with Gasteiger partial charge in [-0.1, -0.05) is 18.2 Å². The van der Waals surface area contributed by atoms with Crippen LogP contribution in [0.25, 0.3) is 0 Å². The zero-order valence-corrected chi connectivity index (χ0v) is 12.7. The van der Waals surface area contributed by atoms with Gasteiger partial charge in [0.25, 0.3) is 0 Å². The molecule has 1 aliphatic rings. The summed E-state index contributed by atoms with van der Waals surface area (Å²) in [5.74, 6) is 2.42. The molecule has 2 aromatic rings. The molecule has 0 spiro atoms. The van der Waals surface area contributed by atoms with E-state index in [0.717, 1.165) is 35.3 Å². The summed E-state index contributed by atoms with van der Waals surface area (Å²) < 4.78 is 11.2. The number of methoxy groups -OCH3 is 1. The van der Waals surface area contributed by atoms with Crippen LogP contribution in [0.4, 0.5) is 11.4 Å². The standard InChI is InChI=1S/C18H18N2O2/c1-3-20-16-13-15(21-2)9-10-17(16)22-18(20)11-12-19-14-7-5-4-6-8-14/h4-13H,3H2,1-2H3. The summed E-state index contributed by atoms with van der Waals surface area (Å²) in [6.45, 7) is 2.89. The topological polar surface area (TPSA) is 34.1 Å². The van der Waals surface area contributed by atoms with E-state index >= 15 is 0 Å². The quantitative estimate of drug-likeness (QED) is 0.794. The molecule has 0 aliphatic carbocycles. The van der Waals surface area contributed by atoms with Gasteiger partial charge in [0.15, 0.2) is 5.75 Å². The molecule has 4 nitrogen and oxygen atoms in total. The SMILES string of the molecule is CCN1C(=CC=Nc2ccccc2)Oc2ccc(OC)cc21. The van der Waals surface area contributed by atoms with Gasteiger partial charge < -0.3 is 14.4 Å². The zero-order valence-electron chi connectivity index (χ0n) is 12.7. The fourth-order valence-electron chi connectivity index (χ4n) is 2.36. The molecule has 1 aliphatic heterocycles. The van der Waals surface area contributed by atoms with Gasteiger partial charge in [0.1, 0.15) is 5.75 Å². The average molecular weight is 294 g/mol. The summed E-state index contributed by atoms with van der Waals surface area (Å²) in [6.07, 6.45) is 3.64. The lowest BCUT2D eigenvalue weighted by molar-refractivity contribution is 0.413. The van der Waals surface area contributed by atoms with Crippen molar-refractivity contribution >= 4 is 17.6 Å². The summed E-state index contributed by atoms with van der Waals surface area (Å²) in [5.41, 5.74) is 1.93. The first kappa shape index (κ1) is 14.2. The Hall–Kier alpha value is -2.75. The normalized spacial score (nSPS) is 15.2. The Balaban J connectivity index is 1.83. The molecule has 22 heavy (non-hydrogen) atoms. The smallest absolute Gasteiger partial charge is 0.202 e. The number of anilines is 1. The number of hydrogen-bond donors (Lipinski definition) is 0. The number of para-hydroxylation sites is 1. The van der Waals surface area contributed by atoms with E-state index in [9.17, 15) is 0 Å². The average Bonchev–Trinajstić information content (AvgIpc) is 2.92. The molecule has 0 radical (unpaired) electrons. The fraction of sp³-hybridized carbons (Fsp3) is 0.167. The van der Waals surface area contributed by atoms with E-state index in [1.54, 1.807) is 13.3 Å². The molecule has 2 aromatic carbocycles. The summed E-state index contributed by atoms with van der Waals surface area (Å²) >= 11 is 0. The molecular weight excluding hydrogens is 276 g/mol. The first-order chi connectivity index (χ1) is 10.8. The van der Waals surface area contributed by atoms with Crippen LogP contribution in [0, 0.1) is 0 Å². The first-order valence-electron chi connectivity index (χ1n) is 7.24. The van der Waals surface area contributed by atoms with Crippen LogP contribution in [-0.2, 0) is 0 Å². The maximum Gasteiger partial charge on any atom is 0.202 e. The van der Waals surface area contributed by atoms with Crippen molar-refractivity contribution in [2.75, 3.05) is 18.6 Å². The molecule has 0 bridgehead atoms. The van der Waals surface area contributed by atoms with Crippen molar-refractivity contribution in [3.63, 3.8) is 0 Å². The fourth-order valence-corrected chi connectivity index (χ4v) is 2.36. The highest BCUT2D eigenvalue weighted by Crippen LogP contribution is 2.40. The second-order valence-corrected chi connectivity index (χ2v) is 4.80. The van der Waals surface area contributed by atoms with Gasteiger partial charge in [-0.25, -0.2) is 0 Å². The van der Waals surface area contributed by atoms with Crippen molar-refractivity contribution in [2.24, 2.45) is 4.99 Å². The summed E-state index contributed by atoms with van der Waals surface area (Å²) in [6, 6.07) is 15.6. The summed E-state index contributed by atoms with van der Waals surface area (Å²) in [4.78, 5) is 6.49. The lowest BCUT2D eigenvalue weighted by Gasteiger charge is -2.15. The van der Waals surface area contributed by atoms with Crippen LogP contribution in [0.5, 0.6) is 11.5 Å². The van der Waals surface area contributed by atoms with Gasteiger partial charge in [0, 0.05) is 24.9 Å². The minimum atomic E-state index is 0.769. The monoisotopic (exact) mass is 294 g/mol. The van der Waals surface area contributed by atoms with Gasteiger partial charge >= 0.3 is 0 Å². The third-order valence-electron chi connectivity index (χ3n) is 3.45. The molecule has 112 valence electrons. The minimum Gasteiger partial charge on any atom is -0.497 e. The Kier molecular flexibility index (Phi) is 4.10. The third-order valence-corrected chi connectivity index (χ3v) is 3.45. The van der Waals surface area contributed by atoms with Crippen LogP contribution in [-0.4, -0.2) is 19.9 Å². The van der Waals surface area contributed by atoms with Gasteiger partial charge in [-0.15, -0.1) is 0 Å². The predicted octanol–water partition coefficient (Wildman–Crippen LogP) is 4.16. The number of allylic oxidation sites excluding steroid dienone is 1. The molecule has 3 rings (SSSR count). The van der Waals surface area contributed by atoms with Gasteiger partial charge in [-0.3, -0.25) is 4.99 Å². The highest BCUT2D eigenvalue weighted by molar-refractivity contribution is 5.78. The summed E-state index contributed by atoms with van der Waals surface area (Å²) in [5, 5.41) is 0. The molecule has 0 N–H and O–H groups in total. The van der Waals surface area contributed by atoms with Crippen molar-refractivity contribution < 1.29 is 9.47 Å². The Labute approximate surface area is 130 Å². The molecule has 0 saturated heterocycles. The number of fused-ring (bicyclic) bond motifs is 1. The van der Waals surface area contributed by atoms with Gasteiger partial charge in [0.2, 0.25) is 5.88 Å². The van der Waals surface area contributed by atoms with Crippen LogP contribution in [0.3, 0.4) is 0 Å². The largest absolute Gasteiger partial charge is 0.497 e. The van der Waals surface area contributed by atoms with Crippen molar-refractivity contribution in [3.8, 4) is 11.5 Å². The van der Waals surface area contributed by atoms with Crippen LogP contribution < -0.4 is 14.4 Å². The van der Waals surface area contributed by atoms with E-state index in [0.29, 0.717) is 0 Å². The highest BCUT2D eigenvalue weighted by atomic mass is 16.5. The molecule has 0 fully saturated rings. The molecule has 0 saturated carbocycles. The van der Waals surface area contributed by atoms with Crippen molar-refractivity contribution in [3.05, 3.63) is 60.5 Å². The molecule has 0 aromatic heterocycles. The van der Waals surface area contributed by atoms with E-state index in [2.05, 4.69) is 16.8 Å². The first-order valence-corrected chi connectivity index (χ1v) is 7.24. The van der Waals surface area contributed by atoms with Gasteiger partial charge in [-0.2, -0.15) is 0 Å². The molecule has 1 heterocycles. The van der Waals surface area contributed by atoms with Crippen LogP contribution in [0.1, 0.15) is 6.92 Å². The van der Waals surface area contributed by atoms with Crippen molar-refractivity contribution in [1.29, 1.82) is 0 Å². The maximum absolute atomic E-state index is 5.89.